The fraction of sp³-hybridized carbons (Fsp3) is 0.300. The summed E-state index contributed by atoms with van der Waals surface area (Å²) in [6, 6.07) is 15.7. The van der Waals surface area contributed by atoms with Crippen LogP contribution in [0.15, 0.2) is 54.6 Å². The largest absolute Gasteiger partial charge is 0.456 e. The zero-order chi connectivity index (χ0) is 18.1. The number of hydrogen-bond donors (Lipinski definition) is 2. The van der Waals surface area contributed by atoms with Crippen LogP contribution in [-0.2, 0) is 4.74 Å². The molecule has 0 atom stereocenters. The SMILES string of the molecule is CC[NH+](CC)CCOC(=O)c1ccc(NC(=O)c2ccccc2)cc1. The van der Waals surface area contributed by atoms with Crippen molar-refractivity contribution in [2.75, 3.05) is 31.6 Å². The highest BCUT2D eigenvalue weighted by atomic mass is 16.5. The molecule has 0 radical (unpaired) electrons. The van der Waals surface area contributed by atoms with E-state index >= 15 is 0 Å². The summed E-state index contributed by atoms with van der Waals surface area (Å²) in [5.74, 6) is -0.523. The van der Waals surface area contributed by atoms with Gasteiger partial charge in [-0.2, -0.15) is 0 Å². The van der Waals surface area contributed by atoms with Gasteiger partial charge in [-0.3, -0.25) is 4.79 Å². The standard InChI is InChI=1S/C20H24N2O3/c1-3-22(4-2)14-15-25-20(24)17-10-12-18(13-11-17)21-19(23)16-8-6-5-7-9-16/h5-13H,3-4,14-15H2,1-2H3,(H,21,23)/p+1. The van der Waals surface area contributed by atoms with Crippen LogP contribution in [0, 0.1) is 0 Å². The van der Waals surface area contributed by atoms with Crippen LogP contribution < -0.4 is 10.2 Å². The molecule has 0 aliphatic rings. The molecule has 2 rings (SSSR count). The number of hydrogen-bond acceptors (Lipinski definition) is 3. The van der Waals surface area contributed by atoms with Gasteiger partial charge in [0.2, 0.25) is 0 Å². The molecule has 2 aromatic carbocycles. The average Bonchev–Trinajstić information content (AvgIpc) is 2.66. The lowest BCUT2D eigenvalue weighted by molar-refractivity contribution is -0.896. The highest BCUT2D eigenvalue weighted by molar-refractivity contribution is 6.04. The highest BCUT2D eigenvalue weighted by Gasteiger charge is 2.10. The molecule has 132 valence electrons. The van der Waals surface area contributed by atoms with Gasteiger partial charge < -0.3 is 15.0 Å². The van der Waals surface area contributed by atoms with Gasteiger partial charge in [-0.1, -0.05) is 18.2 Å². The van der Waals surface area contributed by atoms with Crippen molar-refractivity contribution in [1.29, 1.82) is 0 Å². The van der Waals surface area contributed by atoms with E-state index in [9.17, 15) is 9.59 Å². The van der Waals surface area contributed by atoms with Crippen molar-refractivity contribution >= 4 is 17.6 Å². The third kappa shape index (κ3) is 5.72. The van der Waals surface area contributed by atoms with Gasteiger partial charge in [-0.05, 0) is 50.2 Å². The minimum atomic E-state index is -0.340. The van der Waals surface area contributed by atoms with E-state index in [2.05, 4.69) is 19.2 Å². The van der Waals surface area contributed by atoms with Crippen molar-refractivity contribution in [2.45, 2.75) is 13.8 Å². The fourth-order valence-corrected chi connectivity index (χ4v) is 2.46. The lowest BCUT2D eigenvalue weighted by Crippen LogP contribution is -3.11. The van der Waals surface area contributed by atoms with Crippen LogP contribution in [-0.4, -0.2) is 38.1 Å². The van der Waals surface area contributed by atoms with Crippen LogP contribution >= 0.6 is 0 Å². The maximum Gasteiger partial charge on any atom is 0.338 e. The first-order valence-corrected chi connectivity index (χ1v) is 8.61. The van der Waals surface area contributed by atoms with Crippen molar-refractivity contribution in [3.8, 4) is 0 Å². The third-order valence-electron chi connectivity index (χ3n) is 4.10. The second kappa shape index (κ2) is 9.59. The van der Waals surface area contributed by atoms with Crippen LogP contribution in [0.2, 0.25) is 0 Å². The molecule has 2 N–H and O–H groups in total. The van der Waals surface area contributed by atoms with Crippen LogP contribution in [0.25, 0.3) is 0 Å². The Bertz CT molecular complexity index is 680. The molecule has 0 saturated carbocycles. The number of esters is 1. The van der Waals surface area contributed by atoms with Gasteiger partial charge in [0.05, 0.1) is 18.7 Å². The van der Waals surface area contributed by atoms with Gasteiger partial charge in [-0.15, -0.1) is 0 Å². The number of likely N-dealkylation sites (N-methyl/N-ethyl adjacent to an activating group) is 1. The maximum absolute atomic E-state index is 12.1. The zero-order valence-corrected chi connectivity index (χ0v) is 14.7. The topological polar surface area (TPSA) is 59.8 Å². The normalized spacial score (nSPS) is 10.5. The minimum absolute atomic E-state index is 0.182. The lowest BCUT2D eigenvalue weighted by Gasteiger charge is -2.15. The molecule has 2 aromatic rings. The summed E-state index contributed by atoms with van der Waals surface area (Å²) < 4.78 is 5.31. The Labute approximate surface area is 148 Å². The zero-order valence-electron chi connectivity index (χ0n) is 14.7. The van der Waals surface area contributed by atoms with Gasteiger partial charge in [-0.25, -0.2) is 4.79 Å². The average molecular weight is 341 g/mol. The number of ether oxygens (including phenoxy) is 1. The molecule has 0 aliphatic carbocycles. The Morgan fingerprint density at radius 1 is 0.920 bits per heavy atom. The van der Waals surface area contributed by atoms with Crippen LogP contribution in [0.4, 0.5) is 5.69 Å². The fourth-order valence-electron chi connectivity index (χ4n) is 2.46. The number of rotatable bonds is 8. The number of quaternary nitrogens is 1. The van der Waals surface area contributed by atoms with Crippen molar-refractivity contribution in [3.05, 3.63) is 65.7 Å². The molecule has 0 unspecified atom stereocenters. The summed E-state index contributed by atoms with van der Waals surface area (Å²) in [5, 5.41) is 2.80. The second-order valence-corrected chi connectivity index (χ2v) is 5.74. The predicted molar refractivity (Wildman–Crippen MR) is 98.0 cm³/mol. The first-order chi connectivity index (χ1) is 12.1. The van der Waals surface area contributed by atoms with Crippen molar-refractivity contribution in [2.24, 2.45) is 0 Å². The van der Waals surface area contributed by atoms with Crippen LogP contribution in [0.3, 0.4) is 0 Å². The molecule has 0 spiro atoms. The molecule has 0 fully saturated rings. The van der Waals surface area contributed by atoms with E-state index in [-0.39, 0.29) is 11.9 Å². The van der Waals surface area contributed by atoms with Gasteiger partial charge in [0.1, 0.15) is 13.2 Å². The Morgan fingerprint density at radius 3 is 2.16 bits per heavy atom. The van der Waals surface area contributed by atoms with Crippen LogP contribution in [0.1, 0.15) is 34.6 Å². The van der Waals surface area contributed by atoms with Crippen molar-refractivity contribution < 1.29 is 19.2 Å². The number of carbonyl (C=O) groups is 2. The second-order valence-electron chi connectivity index (χ2n) is 5.74. The molecule has 0 aliphatic heterocycles. The molecule has 0 bridgehead atoms. The van der Waals surface area contributed by atoms with E-state index < -0.39 is 0 Å². The molecule has 0 heterocycles. The number of carbonyl (C=O) groups excluding carboxylic acids is 2. The van der Waals surface area contributed by atoms with E-state index in [4.69, 9.17) is 4.74 Å². The Balaban J connectivity index is 1.86. The quantitative estimate of drug-likeness (QED) is 0.722. The number of benzene rings is 2. The molecular formula is C20H25N2O3+. The minimum Gasteiger partial charge on any atom is -0.456 e. The predicted octanol–water partition coefficient (Wildman–Crippen LogP) is 2.02. The lowest BCUT2D eigenvalue weighted by atomic mass is 10.2. The maximum atomic E-state index is 12.1. The van der Waals surface area contributed by atoms with E-state index in [0.29, 0.717) is 23.4 Å². The Kier molecular flexibility index (Phi) is 7.16. The first-order valence-electron chi connectivity index (χ1n) is 8.61. The summed E-state index contributed by atoms with van der Waals surface area (Å²) in [4.78, 5) is 25.5. The van der Waals surface area contributed by atoms with Crippen LogP contribution in [0.5, 0.6) is 0 Å². The van der Waals surface area contributed by atoms with Crippen molar-refractivity contribution in [1.82, 2.24) is 0 Å². The summed E-state index contributed by atoms with van der Waals surface area (Å²) in [6.07, 6.45) is 0. The van der Waals surface area contributed by atoms with Gasteiger partial charge in [0, 0.05) is 11.3 Å². The van der Waals surface area contributed by atoms with E-state index in [1.165, 1.54) is 4.90 Å². The summed E-state index contributed by atoms with van der Waals surface area (Å²) in [5.41, 5.74) is 1.70. The number of nitrogens with one attached hydrogen (secondary N) is 2. The molecule has 0 aromatic heterocycles. The molecule has 5 heteroatoms. The Hall–Kier alpha value is -2.66. The first kappa shape index (κ1) is 18.7. The summed E-state index contributed by atoms with van der Waals surface area (Å²) in [7, 11) is 0. The number of amides is 1. The molecule has 1 amide bonds. The van der Waals surface area contributed by atoms with E-state index in [1.807, 2.05) is 18.2 Å². The molecular weight excluding hydrogens is 316 g/mol. The number of anilines is 1. The van der Waals surface area contributed by atoms with Gasteiger partial charge in [0.15, 0.2) is 0 Å². The smallest absolute Gasteiger partial charge is 0.338 e. The molecule has 25 heavy (non-hydrogen) atoms. The Morgan fingerprint density at radius 2 is 1.56 bits per heavy atom. The molecule has 5 nitrogen and oxygen atoms in total. The summed E-state index contributed by atoms with van der Waals surface area (Å²) >= 11 is 0. The van der Waals surface area contributed by atoms with E-state index in [0.717, 1.165) is 19.6 Å². The van der Waals surface area contributed by atoms with Crippen molar-refractivity contribution in [3.63, 3.8) is 0 Å². The van der Waals surface area contributed by atoms with Gasteiger partial charge in [0.25, 0.3) is 5.91 Å². The third-order valence-corrected chi connectivity index (χ3v) is 4.10. The highest BCUT2D eigenvalue weighted by Crippen LogP contribution is 2.12. The van der Waals surface area contributed by atoms with E-state index in [1.54, 1.807) is 36.4 Å². The monoisotopic (exact) mass is 341 g/mol. The molecule has 0 saturated heterocycles. The summed E-state index contributed by atoms with van der Waals surface area (Å²) in [6.45, 7) is 7.48. The van der Waals surface area contributed by atoms with Gasteiger partial charge >= 0.3 is 5.97 Å².